The van der Waals surface area contributed by atoms with Gasteiger partial charge in [0.1, 0.15) is 24.9 Å². The summed E-state index contributed by atoms with van der Waals surface area (Å²) in [4.78, 5) is 29.2. The molecule has 0 unspecified atom stereocenters. The van der Waals surface area contributed by atoms with E-state index in [1.807, 2.05) is 42.5 Å². The maximum absolute atomic E-state index is 13.0. The Labute approximate surface area is 174 Å². The maximum atomic E-state index is 13.0. The third kappa shape index (κ3) is 4.37. The molecule has 1 atom stereocenters. The number of para-hydroxylation sites is 1. The molecule has 2 aromatic carbocycles. The fourth-order valence-corrected chi connectivity index (χ4v) is 4.00. The first-order valence-electron chi connectivity index (χ1n) is 10.1. The zero-order chi connectivity index (χ0) is 20.9. The van der Waals surface area contributed by atoms with E-state index < -0.39 is 0 Å². The van der Waals surface area contributed by atoms with Crippen molar-refractivity contribution in [2.75, 3.05) is 40.0 Å². The summed E-state index contributed by atoms with van der Waals surface area (Å²) in [5.74, 6) is 0.553. The summed E-state index contributed by atoms with van der Waals surface area (Å²) in [5, 5.41) is 3.79. The molecule has 0 saturated carbocycles. The number of benzene rings is 2. The molecular weight excluding hydrogens is 382 g/mol. The monoisotopic (exact) mass is 408 g/mol. The summed E-state index contributed by atoms with van der Waals surface area (Å²) in [6.45, 7) is 3.62. The highest BCUT2D eigenvalue weighted by molar-refractivity contribution is 6.05. The molecule has 1 fully saturated rings. The van der Waals surface area contributed by atoms with Crippen LogP contribution in [0.2, 0.25) is 0 Å². The van der Waals surface area contributed by atoms with Crippen molar-refractivity contribution in [2.24, 2.45) is 0 Å². The number of aromatic nitrogens is 1. The lowest BCUT2D eigenvalue weighted by Gasteiger charge is -2.32. The smallest absolute Gasteiger partial charge is 0.252 e. The average Bonchev–Trinajstić information content (AvgIpc) is 2.79. The van der Waals surface area contributed by atoms with Gasteiger partial charge in [-0.3, -0.25) is 9.59 Å². The van der Waals surface area contributed by atoms with Gasteiger partial charge in [-0.2, -0.15) is 0 Å². The molecule has 3 aromatic rings. The fourth-order valence-electron chi connectivity index (χ4n) is 4.00. The molecule has 0 bridgehead atoms. The number of hydrogen-bond acceptors (Lipinski definition) is 4. The molecule has 156 valence electrons. The number of carbonyl (C=O) groups excluding carboxylic acids is 1. The van der Waals surface area contributed by atoms with E-state index in [1.165, 1.54) is 11.0 Å². The van der Waals surface area contributed by atoms with Gasteiger partial charge in [0, 0.05) is 22.5 Å². The summed E-state index contributed by atoms with van der Waals surface area (Å²) in [6.07, 6.45) is 0. The number of hydrogen-bond donors (Lipinski definition) is 3. The van der Waals surface area contributed by atoms with Crippen LogP contribution >= 0.6 is 0 Å². The van der Waals surface area contributed by atoms with E-state index in [9.17, 15) is 9.59 Å². The summed E-state index contributed by atoms with van der Waals surface area (Å²) in [5.41, 5.74) is 1.88. The van der Waals surface area contributed by atoms with Crippen molar-refractivity contribution in [2.45, 2.75) is 6.04 Å². The molecule has 1 amide bonds. The quantitative estimate of drug-likeness (QED) is 0.566. The van der Waals surface area contributed by atoms with Crippen molar-refractivity contribution in [3.8, 4) is 5.75 Å². The molecule has 2 heterocycles. The molecule has 1 aliphatic rings. The van der Waals surface area contributed by atoms with Crippen LogP contribution in [0.25, 0.3) is 10.9 Å². The Morgan fingerprint density at radius 2 is 1.90 bits per heavy atom. The van der Waals surface area contributed by atoms with Crippen LogP contribution in [0, 0.1) is 0 Å². The van der Waals surface area contributed by atoms with Gasteiger partial charge < -0.3 is 24.7 Å². The number of quaternary nitrogens is 1. The van der Waals surface area contributed by atoms with Gasteiger partial charge >= 0.3 is 0 Å². The van der Waals surface area contributed by atoms with Gasteiger partial charge in [0.25, 0.3) is 5.91 Å². The Bertz CT molecular complexity index is 1070. The molecule has 0 aliphatic carbocycles. The maximum Gasteiger partial charge on any atom is 0.252 e. The molecule has 1 aliphatic heterocycles. The van der Waals surface area contributed by atoms with Crippen LogP contribution in [0.4, 0.5) is 0 Å². The molecule has 7 nitrogen and oxygen atoms in total. The fraction of sp³-hybridized carbons (Fsp3) is 0.304. The standard InChI is InChI=1S/C23H25N3O4/c1-29-17-8-6-16(7-9-17)21(26-10-12-30-13-11-26)15-24-23(28)19-14-22(27)25-20-5-3-2-4-18(19)20/h2-9,14,21H,10-13,15H2,1H3,(H,24,28)(H,25,27)/p+1/t21-/m0/s1. The Kier molecular flexibility index (Phi) is 6.11. The minimum atomic E-state index is -0.288. The number of nitrogens with one attached hydrogen (secondary N) is 3. The van der Waals surface area contributed by atoms with E-state index in [1.54, 1.807) is 13.2 Å². The second-order valence-corrected chi connectivity index (χ2v) is 7.40. The van der Waals surface area contributed by atoms with Crippen LogP contribution in [0.1, 0.15) is 22.0 Å². The van der Waals surface area contributed by atoms with E-state index >= 15 is 0 Å². The molecule has 4 rings (SSSR count). The highest BCUT2D eigenvalue weighted by Crippen LogP contribution is 2.17. The van der Waals surface area contributed by atoms with Crippen molar-refractivity contribution in [1.82, 2.24) is 10.3 Å². The Morgan fingerprint density at radius 1 is 1.17 bits per heavy atom. The van der Waals surface area contributed by atoms with Gasteiger partial charge in [-0.1, -0.05) is 18.2 Å². The number of fused-ring (bicyclic) bond motifs is 1. The van der Waals surface area contributed by atoms with Gasteiger partial charge in [0.05, 0.1) is 32.4 Å². The average molecular weight is 408 g/mol. The first kappa shape index (κ1) is 20.1. The van der Waals surface area contributed by atoms with Crippen molar-refractivity contribution in [3.63, 3.8) is 0 Å². The number of amides is 1. The van der Waals surface area contributed by atoms with Gasteiger partial charge in [0.2, 0.25) is 5.56 Å². The van der Waals surface area contributed by atoms with E-state index in [4.69, 9.17) is 9.47 Å². The summed E-state index contributed by atoms with van der Waals surface area (Å²) < 4.78 is 10.8. The second kappa shape index (κ2) is 9.11. The topological polar surface area (TPSA) is 84.9 Å². The van der Waals surface area contributed by atoms with Crippen LogP contribution in [-0.2, 0) is 4.74 Å². The lowest BCUT2D eigenvalue weighted by atomic mass is 10.0. The summed E-state index contributed by atoms with van der Waals surface area (Å²) >= 11 is 0. The van der Waals surface area contributed by atoms with E-state index in [-0.39, 0.29) is 17.5 Å². The number of rotatable bonds is 6. The van der Waals surface area contributed by atoms with Gasteiger partial charge in [0.15, 0.2) is 0 Å². The van der Waals surface area contributed by atoms with Gasteiger partial charge in [-0.05, 0) is 30.3 Å². The van der Waals surface area contributed by atoms with E-state index in [0.717, 1.165) is 29.8 Å². The number of H-pyrrole nitrogens is 1. The predicted octanol–water partition coefficient (Wildman–Crippen LogP) is 0.923. The number of pyridine rings is 1. The molecule has 7 heteroatoms. The van der Waals surface area contributed by atoms with Crippen molar-refractivity contribution in [1.29, 1.82) is 0 Å². The van der Waals surface area contributed by atoms with Crippen LogP contribution in [0.5, 0.6) is 5.75 Å². The molecule has 0 spiro atoms. The largest absolute Gasteiger partial charge is 0.497 e. The van der Waals surface area contributed by atoms with E-state index in [0.29, 0.717) is 30.8 Å². The van der Waals surface area contributed by atoms with Crippen LogP contribution in [-0.4, -0.2) is 50.8 Å². The lowest BCUT2D eigenvalue weighted by Crippen LogP contribution is -3.15. The first-order valence-corrected chi connectivity index (χ1v) is 10.1. The van der Waals surface area contributed by atoms with Crippen molar-refractivity contribution in [3.05, 3.63) is 76.1 Å². The first-order chi connectivity index (χ1) is 14.7. The predicted molar refractivity (Wildman–Crippen MR) is 114 cm³/mol. The number of ether oxygens (including phenoxy) is 2. The third-order valence-electron chi connectivity index (χ3n) is 5.61. The van der Waals surface area contributed by atoms with Crippen molar-refractivity contribution < 1.29 is 19.2 Å². The summed E-state index contributed by atoms with van der Waals surface area (Å²) in [7, 11) is 1.64. The Balaban J connectivity index is 1.57. The Hall–Kier alpha value is -3.16. The number of morpholine rings is 1. The van der Waals surface area contributed by atoms with Crippen molar-refractivity contribution >= 4 is 16.8 Å². The highest BCUT2D eigenvalue weighted by atomic mass is 16.5. The van der Waals surface area contributed by atoms with E-state index in [2.05, 4.69) is 10.3 Å². The molecule has 1 saturated heterocycles. The van der Waals surface area contributed by atoms with Gasteiger partial charge in [-0.25, -0.2) is 0 Å². The minimum Gasteiger partial charge on any atom is -0.497 e. The minimum absolute atomic E-state index is 0.0806. The highest BCUT2D eigenvalue weighted by Gasteiger charge is 2.27. The molecule has 1 aromatic heterocycles. The molecular formula is C23H26N3O4+. The van der Waals surface area contributed by atoms with Crippen LogP contribution in [0.15, 0.2) is 59.4 Å². The normalized spacial score (nSPS) is 15.6. The third-order valence-corrected chi connectivity index (χ3v) is 5.61. The zero-order valence-corrected chi connectivity index (χ0v) is 16.9. The zero-order valence-electron chi connectivity index (χ0n) is 16.9. The van der Waals surface area contributed by atoms with Crippen LogP contribution < -0.4 is 20.5 Å². The lowest BCUT2D eigenvalue weighted by molar-refractivity contribution is -0.937. The summed E-state index contributed by atoms with van der Waals surface area (Å²) in [6, 6.07) is 16.7. The van der Waals surface area contributed by atoms with Gasteiger partial charge in [-0.15, -0.1) is 0 Å². The van der Waals surface area contributed by atoms with Crippen LogP contribution in [0.3, 0.4) is 0 Å². The molecule has 0 radical (unpaired) electrons. The second-order valence-electron chi connectivity index (χ2n) is 7.40. The number of aromatic amines is 1. The molecule has 30 heavy (non-hydrogen) atoms. The Morgan fingerprint density at radius 3 is 2.63 bits per heavy atom. The SMILES string of the molecule is COc1ccc([C@H](CNC(=O)c2cc(=O)[nH]c3ccccc23)[NH+]2CCOCC2)cc1. The molecule has 3 N–H and O–H groups in total. The number of carbonyl (C=O) groups is 1. The number of methoxy groups -OCH3 is 1.